The fraction of sp³-hybridized carbons (Fsp3) is 0.250. The minimum absolute atomic E-state index is 0.0406. The molecule has 0 aliphatic carbocycles. The molecule has 1 N–H and O–H groups in total. The molecule has 0 heterocycles. The number of carbonyl (C=O) groups excluding carboxylic acids is 3. The van der Waals surface area contributed by atoms with Gasteiger partial charge in [-0.25, -0.2) is 0 Å². The number of Topliss-reactive ketones (excluding diaryl/α,β-unsaturated/α-hetero) is 1. The first-order chi connectivity index (χ1) is 12.4. The third-order valence-electron chi connectivity index (χ3n) is 3.72. The predicted molar refractivity (Wildman–Crippen MR) is 101 cm³/mol. The molecule has 0 fully saturated rings. The van der Waals surface area contributed by atoms with Crippen molar-refractivity contribution < 1.29 is 19.1 Å². The maximum atomic E-state index is 12.3. The van der Waals surface area contributed by atoms with Gasteiger partial charge in [0.1, 0.15) is 12.3 Å². The van der Waals surface area contributed by atoms with Crippen LogP contribution < -0.4 is 15.0 Å². The first-order valence-corrected chi connectivity index (χ1v) is 8.32. The molecular weight excluding hydrogens is 332 g/mol. The van der Waals surface area contributed by atoms with Gasteiger partial charge < -0.3 is 15.0 Å². The molecule has 0 unspecified atom stereocenters. The molecule has 0 saturated heterocycles. The highest BCUT2D eigenvalue weighted by Crippen LogP contribution is 2.20. The standard InChI is InChI=1S/C20H22N2O4/c1-4-26-19-11-9-18(10-12-19)22(15(3)24)13-20(25)21-17-7-5-16(6-8-17)14(2)23/h5-12H,4,13H2,1-3H3,(H,21,25). The van der Waals surface area contributed by atoms with Gasteiger partial charge in [-0.05, 0) is 62.4 Å². The van der Waals surface area contributed by atoms with Crippen molar-refractivity contribution >= 4 is 29.0 Å². The number of hydrogen-bond donors (Lipinski definition) is 1. The molecule has 6 nitrogen and oxygen atoms in total. The van der Waals surface area contributed by atoms with Crippen LogP contribution in [0.4, 0.5) is 11.4 Å². The highest BCUT2D eigenvalue weighted by Gasteiger charge is 2.16. The van der Waals surface area contributed by atoms with Gasteiger partial charge in [0.05, 0.1) is 6.61 Å². The summed E-state index contributed by atoms with van der Waals surface area (Å²) in [7, 11) is 0. The van der Waals surface area contributed by atoms with Gasteiger partial charge in [0.15, 0.2) is 5.78 Å². The molecule has 26 heavy (non-hydrogen) atoms. The summed E-state index contributed by atoms with van der Waals surface area (Å²) >= 11 is 0. The maximum Gasteiger partial charge on any atom is 0.244 e. The summed E-state index contributed by atoms with van der Waals surface area (Å²) in [5, 5.41) is 2.73. The fourth-order valence-electron chi connectivity index (χ4n) is 2.41. The maximum absolute atomic E-state index is 12.3. The Morgan fingerprint density at radius 1 is 0.962 bits per heavy atom. The number of nitrogens with one attached hydrogen (secondary N) is 1. The molecule has 0 atom stereocenters. The Bertz CT molecular complexity index is 782. The summed E-state index contributed by atoms with van der Waals surface area (Å²) < 4.78 is 5.38. The zero-order chi connectivity index (χ0) is 19.1. The van der Waals surface area contributed by atoms with Crippen molar-refractivity contribution in [2.24, 2.45) is 0 Å². The summed E-state index contributed by atoms with van der Waals surface area (Å²) in [4.78, 5) is 36.9. The third kappa shape index (κ3) is 5.17. The highest BCUT2D eigenvalue weighted by molar-refractivity contribution is 6.02. The Labute approximate surface area is 152 Å². The van der Waals surface area contributed by atoms with Gasteiger partial charge in [-0.3, -0.25) is 14.4 Å². The molecule has 0 bridgehead atoms. The molecular formula is C20H22N2O4. The SMILES string of the molecule is CCOc1ccc(N(CC(=O)Nc2ccc(C(C)=O)cc2)C(C)=O)cc1. The van der Waals surface area contributed by atoms with E-state index >= 15 is 0 Å². The van der Waals surface area contributed by atoms with E-state index < -0.39 is 0 Å². The van der Waals surface area contributed by atoms with Gasteiger partial charge in [0, 0.05) is 23.9 Å². The minimum Gasteiger partial charge on any atom is -0.494 e. The normalized spacial score (nSPS) is 10.1. The number of nitrogens with zero attached hydrogens (tertiary/aromatic N) is 1. The van der Waals surface area contributed by atoms with Crippen molar-refractivity contribution in [1.29, 1.82) is 0 Å². The lowest BCUT2D eigenvalue weighted by molar-refractivity contribution is -0.120. The van der Waals surface area contributed by atoms with E-state index in [-0.39, 0.29) is 24.1 Å². The average molecular weight is 354 g/mol. The molecule has 0 aromatic heterocycles. The zero-order valence-electron chi connectivity index (χ0n) is 15.1. The molecule has 0 aliphatic heterocycles. The molecule has 2 rings (SSSR count). The van der Waals surface area contributed by atoms with E-state index in [0.29, 0.717) is 29.3 Å². The number of ketones is 1. The zero-order valence-corrected chi connectivity index (χ0v) is 15.1. The number of anilines is 2. The van der Waals surface area contributed by atoms with Crippen LogP contribution in [0.2, 0.25) is 0 Å². The Morgan fingerprint density at radius 3 is 2.08 bits per heavy atom. The molecule has 0 spiro atoms. The molecule has 2 aromatic rings. The minimum atomic E-state index is -0.329. The van der Waals surface area contributed by atoms with Gasteiger partial charge in [-0.15, -0.1) is 0 Å². The van der Waals surface area contributed by atoms with Crippen LogP contribution in [-0.2, 0) is 9.59 Å². The molecule has 136 valence electrons. The van der Waals surface area contributed by atoms with Crippen molar-refractivity contribution in [3.05, 3.63) is 54.1 Å². The summed E-state index contributed by atoms with van der Waals surface area (Å²) in [5.41, 5.74) is 1.75. The predicted octanol–water partition coefficient (Wildman–Crippen LogP) is 3.28. The molecule has 6 heteroatoms. The number of hydrogen-bond acceptors (Lipinski definition) is 4. The molecule has 0 aliphatic rings. The van der Waals surface area contributed by atoms with Crippen LogP contribution in [0.1, 0.15) is 31.1 Å². The molecule has 2 amide bonds. The van der Waals surface area contributed by atoms with Crippen LogP contribution in [-0.4, -0.2) is 30.7 Å². The number of carbonyl (C=O) groups is 3. The van der Waals surface area contributed by atoms with Gasteiger partial charge in [0.25, 0.3) is 0 Å². The fourth-order valence-corrected chi connectivity index (χ4v) is 2.41. The largest absolute Gasteiger partial charge is 0.494 e. The van der Waals surface area contributed by atoms with E-state index in [2.05, 4.69) is 5.32 Å². The van der Waals surface area contributed by atoms with Crippen molar-refractivity contribution in [2.75, 3.05) is 23.4 Å². The van der Waals surface area contributed by atoms with Crippen molar-refractivity contribution in [3.8, 4) is 5.75 Å². The summed E-state index contributed by atoms with van der Waals surface area (Å²) in [6.07, 6.45) is 0. The lowest BCUT2D eigenvalue weighted by Gasteiger charge is -2.21. The first-order valence-electron chi connectivity index (χ1n) is 8.32. The van der Waals surface area contributed by atoms with Crippen molar-refractivity contribution in [2.45, 2.75) is 20.8 Å². The van der Waals surface area contributed by atoms with Gasteiger partial charge in [-0.1, -0.05) is 0 Å². The van der Waals surface area contributed by atoms with Crippen LogP contribution in [0.3, 0.4) is 0 Å². The lowest BCUT2D eigenvalue weighted by Crippen LogP contribution is -2.36. The van der Waals surface area contributed by atoms with Gasteiger partial charge >= 0.3 is 0 Å². The topological polar surface area (TPSA) is 75.7 Å². The van der Waals surface area contributed by atoms with E-state index in [1.807, 2.05) is 6.92 Å². The molecule has 0 radical (unpaired) electrons. The van der Waals surface area contributed by atoms with E-state index in [1.54, 1.807) is 48.5 Å². The van der Waals surface area contributed by atoms with E-state index in [0.717, 1.165) is 0 Å². The lowest BCUT2D eigenvalue weighted by atomic mass is 10.1. The molecule has 0 saturated carbocycles. The number of rotatable bonds is 7. The van der Waals surface area contributed by atoms with Crippen molar-refractivity contribution in [3.63, 3.8) is 0 Å². The average Bonchev–Trinajstić information content (AvgIpc) is 2.61. The van der Waals surface area contributed by atoms with Crippen LogP contribution in [0.15, 0.2) is 48.5 Å². The summed E-state index contributed by atoms with van der Waals surface area (Å²) in [5.74, 6) is 0.0943. The summed E-state index contributed by atoms with van der Waals surface area (Å²) in [6.45, 7) is 5.22. The Kier molecular flexibility index (Phi) is 6.49. The van der Waals surface area contributed by atoms with E-state index in [9.17, 15) is 14.4 Å². The smallest absolute Gasteiger partial charge is 0.244 e. The van der Waals surface area contributed by atoms with Crippen LogP contribution in [0.25, 0.3) is 0 Å². The van der Waals surface area contributed by atoms with E-state index in [4.69, 9.17) is 4.74 Å². The monoisotopic (exact) mass is 354 g/mol. The Balaban J connectivity index is 2.05. The quantitative estimate of drug-likeness (QED) is 0.774. The number of ether oxygens (including phenoxy) is 1. The van der Waals surface area contributed by atoms with Gasteiger partial charge in [0.2, 0.25) is 11.8 Å². The second-order valence-electron chi connectivity index (χ2n) is 5.71. The Hall–Kier alpha value is -3.15. The van der Waals surface area contributed by atoms with Crippen LogP contribution in [0, 0.1) is 0 Å². The van der Waals surface area contributed by atoms with Gasteiger partial charge in [-0.2, -0.15) is 0 Å². The van der Waals surface area contributed by atoms with Crippen molar-refractivity contribution in [1.82, 2.24) is 0 Å². The third-order valence-corrected chi connectivity index (χ3v) is 3.72. The van der Waals surface area contributed by atoms with Crippen LogP contribution >= 0.6 is 0 Å². The number of benzene rings is 2. The molecule has 2 aromatic carbocycles. The second kappa shape index (κ2) is 8.80. The second-order valence-corrected chi connectivity index (χ2v) is 5.71. The highest BCUT2D eigenvalue weighted by atomic mass is 16.5. The number of amides is 2. The first kappa shape index (κ1) is 19.2. The van der Waals surface area contributed by atoms with Crippen LogP contribution in [0.5, 0.6) is 5.75 Å². The Morgan fingerprint density at radius 2 is 1.58 bits per heavy atom. The van der Waals surface area contributed by atoms with E-state index in [1.165, 1.54) is 18.7 Å². The summed E-state index contributed by atoms with van der Waals surface area (Å²) in [6, 6.07) is 13.6.